The monoisotopic (exact) mass is 568 g/mol. The second-order valence-electron chi connectivity index (χ2n) is 11.8. The Hall–Kier alpha value is -5.31. The van der Waals surface area contributed by atoms with E-state index in [4.69, 9.17) is 16.5 Å². The summed E-state index contributed by atoms with van der Waals surface area (Å²) >= 11 is 1.70. The molecule has 0 radical (unpaired) electrons. The predicted octanol–water partition coefficient (Wildman–Crippen LogP) is 10.4. The maximum atomic E-state index is 7.50. The zero-order valence-corrected chi connectivity index (χ0v) is 24.4. The molecule has 0 N–H and O–H groups in total. The molecule has 5 aromatic carbocycles. The Morgan fingerprint density at radius 1 is 0.698 bits per heavy atom. The summed E-state index contributed by atoms with van der Waals surface area (Å²) in [4.78, 5) is 15.0. The Kier molecular flexibility index (Phi) is 4.86. The lowest BCUT2D eigenvalue weighted by molar-refractivity contribution is 0.661. The van der Waals surface area contributed by atoms with Crippen molar-refractivity contribution in [3.05, 3.63) is 132 Å². The summed E-state index contributed by atoms with van der Waals surface area (Å²) in [6, 6.07) is 38.5. The van der Waals surface area contributed by atoms with Crippen LogP contribution in [-0.2, 0) is 5.41 Å². The number of hydrogen-bond acceptors (Lipinski definition) is 3. The lowest BCUT2D eigenvalue weighted by atomic mass is 9.81. The Bertz CT molecular complexity index is 2510. The minimum absolute atomic E-state index is 0.182. The first-order valence-corrected chi connectivity index (χ1v) is 15.2. The van der Waals surface area contributed by atoms with Gasteiger partial charge in [-0.2, -0.15) is 0 Å². The SMILES string of the molecule is [C-]#[N+]c1ccc2c(c1)C(C)(C)c1cc(-c3cccc(-c4nc5c(nc6sc7ccccc7n65)c5ccccc45)c3)ccc1-2. The van der Waals surface area contributed by atoms with Gasteiger partial charge < -0.3 is 0 Å². The summed E-state index contributed by atoms with van der Waals surface area (Å²) in [5, 5.41) is 2.21. The van der Waals surface area contributed by atoms with E-state index in [-0.39, 0.29) is 5.41 Å². The molecule has 0 amide bonds. The highest BCUT2D eigenvalue weighted by atomic mass is 32.1. The number of pyridine rings is 1. The van der Waals surface area contributed by atoms with E-state index in [0.717, 1.165) is 49.2 Å². The molecule has 4 nitrogen and oxygen atoms in total. The van der Waals surface area contributed by atoms with Gasteiger partial charge in [0.05, 0.1) is 22.5 Å². The highest BCUT2D eigenvalue weighted by molar-refractivity contribution is 7.23. The molecule has 0 aliphatic heterocycles. The summed E-state index contributed by atoms with van der Waals surface area (Å²) in [7, 11) is 0. The van der Waals surface area contributed by atoms with Crippen LogP contribution in [-0.4, -0.2) is 14.4 Å². The number of imidazole rings is 1. The molecule has 202 valence electrons. The van der Waals surface area contributed by atoms with Crippen LogP contribution in [0.5, 0.6) is 0 Å². The topological polar surface area (TPSA) is 34.5 Å². The summed E-state index contributed by atoms with van der Waals surface area (Å²) in [6.45, 7) is 12.0. The van der Waals surface area contributed by atoms with Crippen molar-refractivity contribution in [1.82, 2.24) is 14.4 Å². The van der Waals surface area contributed by atoms with Crippen molar-refractivity contribution in [3.8, 4) is 33.5 Å². The molecule has 1 aliphatic carbocycles. The molecule has 0 saturated carbocycles. The van der Waals surface area contributed by atoms with Gasteiger partial charge in [-0.1, -0.05) is 110 Å². The Morgan fingerprint density at radius 3 is 2.28 bits per heavy atom. The van der Waals surface area contributed by atoms with E-state index in [1.54, 1.807) is 11.3 Å². The molecule has 0 unspecified atom stereocenters. The van der Waals surface area contributed by atoms with Crippen LogP contribution in [0.25, 0.3) is 75.5 Å². The van der Waals surface area contributed by atoms with Crippen LogP contribution in [0, 0.1) is 6.57 Å². The molecule has 0 saturated heterocycles. The van der Waals surface area contributed by atoms with Crippen LogP contribution in [0.15, 0.2) is 109 Å². The van der Waals surface area contributed by atoms with Gasteiger partial charge in [-0.15, -0.1) is 0 Å². The first-order chi connectivity index (χ1) is 21.0. The van der Waals surface area contributed by atoms with Gasteiger partial charge in [0.15, 0.2) is 16.3 Å². The summed E-state index contributed by atoms with van der Waals surface area (Å²) < 4.78 is 3.41. The van der Waals surface area contributed by atoms with Crippen molar-refractivity contribution < 1.29 is 0 Å². The average molecular weight is 569 g/mol. The number of benzene rings is 5. The Morgan fingerprint density at radius 2 is 1.42 bits per heavy atom. The van der Waals surface area contributed by atoms with E-state index in [0.29, 0.717) is 5.69 Å². The maximum Gasteiger partial charge on any atom is 0.197 e. The van der Waals surface area contributed by atoms with Crippen LogP contribution >= 0.6 is 11.3 Å². The molecule has 5 heteroatoms. The quantitative estimate of drug-likeness (QED) is 0.194. The molecule has 43 heavy (non-hydrogen) atoms. The Balaban J connectivity index is 1.23. The maximum absolute atomic E-state index is 7.50. The third-order valence-corrected chi connectivity index (χ3v) is 10.1. The van der Waals surface area contributed by atoms with Crippen LogP contribution in [0.3, 0.4) is 0 Å². The van der Waals surface area contributed by atoms with Crippen molar-refractivity contribution in [1.29, 1.82) is 0 Å². The summed E-state index contributed by atoms with van der Waals surface area (Å²) in [5.74, 6) is 0. The number of para-hydroxylation sites is 1. The number of hydrogen-bond donors (Lipinski definition) is 0. The van der Waals surface area contributed by atoms with Gasteiger partial charge in [-0.05, 0) is 57.6 Å². The Labute approximate surface area is 252 Å². The first-order valence-electron chi connectivity index (χ1n) is 14.4. The number of aromatic nitrogens is 3. The zero-order valence-electron chi connectivity index (χ0n) is 23.6. The molecular weight excluding hydrogens is 545 g/mol. The van der Waals surface area contributed by atoms with Gasteiger partial charge in [0.2, 0.25) is 0 Å². The van der Waals surface area contributed by atoms with Gasteiger partial charge in [0.1, 0.15) is 5.52 Å². The number of fused-ring (bicyclic) bond motifs is 10. The lowest BCUT2D eigenvalue weighted by Gasteiger charge is -2.22. The molecule has 3 aromatic heterocycles. The van der Waals surface area contributed by atoms with Crippen molar-refractivity contribution in [2.45, 2.75) is 19.3 Å². The molecule has 8 aromatic rings. The molecule has 0 fully saturated rings. The van der Waals surface area contributed by atoms with Gasteiger partial charge in [-0.3, -0.25) is 4.40 Å². The van der Waals surface area contributed by atoms with E-state index >= 15 is 0 Å². The third-order valence-electron chi connectivity index (χ3n) is 9.04. The zero-order chi connectivity index (χ0) is 28.9. The average Bonchev–Trinajstić information content (AvgIpc) is 3.67. The highest BCUT2D eigenvalue weighted by Gasteiger charge is 2.35. The molecule has 0 bridgehead atoms. The van der Waals surface area contributed by atoms with E-state index < -0.39 is 0 Å². The van der Waals surface area contributed by atoms with Crippen LogP contribution < -0.4 is 0 Å². The molecule has 3 heterocycles. The fraction of sp³-hybridized carbons (Fsp3) is 0.0789. The van der Waals surface area contributed by atoms with Crippen molar-refractivity contribution >= 4 is 54.1 Å². The van der Waals surface area contributed by atoms with Gasteiger partial charge in [0, 0.05) is 21.8 Å². The number of thiazole rings is 1. The second kappa shape index (κ2) is 8.61. The van der Waals surface area contributed by atoms with Crippen molar-refractivity contribution in [2.24, 2.45) is 0 Å². The molecule has 0 spiro atoms. The van der Waals surface area contributed by atoms with Gasteiger partial charge in [0.25, 0.3) is 0 Å². The van der Waals surface area contributed by atoms with Crippen LogP contribution in [0.2, 0.25) is 0 Å². The van der Waals surface area contributed by atoms with E-state index in [1.807, 2.05) is 6.07 Å². The molecule has 1 aliphatic rings. The first kappa shape index (κ1) is 24.3. The lowest BCUT2D eigenvalue weighted by Crippen LogP contribution is -2.14. The number of rotatable bonds is 2. The number of nitrogens with zero attached hydrogens (tertiary/aromatic N) is 4. The highest BCUT2D eigenvalue weighted by Crippen LogP contribution is 2.50. The smallest absolute Gasteiger partial charge is 0.197 e. The van der Waals surface area contributed by atoms with E-state index in [9.17, 15) is 0 Å². The minimum atomic E-state index is -0.182. The standard InChI is InChI=1S/C38H24N4S/c1-38(2)30-20-23(15-17-26(30)27-18-16-25(39-3)21-31(27)38)22-9-8-10-24(19-22)34-28-11-4-5-12-29(28)35-36(40-34)42-32-13-6-7-14-33(32)43-37(42)41-35/h4-21H,1-2H3. The molecular formula is C38H24N4S. The van der Waals surface area contributed by atoms with E-state index in [2.05, 4.69) is 126 Å². The third kappa shape index (κ3) is 3.36. The van der Waals surface area contributed by atoms with Crippen LogP contribution in [0.1, 0.15) is 25.0 Å². The van der Waals surface area contributed by atoms with Crippen molar-refractivity contribution in [3.63, 3.8) is 0 Å². The summed E-state index contributed by atoms with van der Waals surface area (Å²) in [5.41, 5.74) is 12.8. The predicted molar refractivity (Wildman–Crippen MR) is 178 cm³/mol. The van der Waals surface area contributed by atoms with Crippen LogP contribution in [0.4, 0.5) is 5.69 Å². The largest absolute Gasteiger partial charge is 0.267 e. The van der Waals surface area contributed by atoms with Gasteiger partial charge in [-0.25, -0.2) is 14.8 Å². The second-order valence-corrected chi connectivity index (χ2v) is 12.8. The molecule has 0 atom stereocenters. The molecule has 9 rings (SSSR count). The fourth-order valence-corrected chi connectivity index (χ4v) is 7.91. The van der Waals surface area contributed by atoms with Crippen molar-refractivity contribution in [2.75, 3.05) is 0 Å². The van der Waals surface area contributed by atoms with Gasteiger partial charge >= 0.3 is 0 Å². The summed E-state index contributed by atoms with van der Waals surface area (Å²) in [6.07, 6.45) is 0. The minimum Gasteiger partial charge on any atom is -0.267 e. The van der Waals surface area contributed by atoms with E-state index in [1.165, 1.54) is 32.5 Å². The normalized spacial score (nSPS) is 13.5. The fourth-order valence-electron chi connectivity index (χ4n) is 6.89.